The second-order valence-electron chi connectivity index (χ2n) is 4.76. The first-order valence-electron chi connectivity index (χ1n) is 6.26. The van der Waals surface area contributed by atoms with Crippen molar-refractivity contribution >= 4 is 5.91 Å². The Labute approximate surface area is 103 Å². The highest BCUT2D eigenvalue weighted by Gasteiger charge is 2.28. The average molecular weight is 244 g/mol. The topological polar surface area (TPSA) is 73.6 Å². The van der Waals surface area contributed by atoms with Crippen LogP contribution in [0.3, 0.4) is 0 Å². The Morgan fingerprint density at radius 3 is 2.88 bits per heavy atom. The van der Waals surface area contributed by atoms with Crippen molar-refractivity contribution in [3.63, 3.8) is 0 Å². The molecule has 5 nitrogen and oxygen atoms in total. The maximum atomic E-state index is 11.2. The molecule has 1 rings (SSSR count). The summed E-state index contributed by atoms with van der Waals surface area (Å²) in [6.07, 6.45) is 4.22. The Hall–Kier alpha value is -0.650. The third-order valence-electron chi connectivity index (χ3n) is 3.42. The number of carbonyl (C=O) groups excluding carboxylic acids is 1. The summed E-state index contributed by atoms with van der Waals surface area (Å²) in [4.78, 5) is 11.2. The summed E-state index contributed by atoms with van der Waals surface area (Å²) in [6.45, 7) is 3.75. The number of likely N-dealkylation sites (N-methyl/N-ethyl adjacent to an activating group) is 1. The molecular formula is C12H24N2O3. The molecule has 0 aromatic heterocycles. The van der Waals surface area contributed by atoms with Gasteiger partial charge in [-0.1, -0.05) is 0 Å². The van der Waals surface area contributed by atoms with Crippen LogP contribution in [0.2, 0.25) is 0 Å². The second-order valence-corrected chi connectivity index (χ2v) is 4.76. The zero-order valence-electron chi connectivity index (χ0n) is 10.8. The Bertz CT molecular complexity index is 242. The van der Waals surface area contributed by atoms with Crippen LogP contribution >= 0.6 is 0 Å². The van der Waals surface area contributed by atoms with Gasteiger partial charge in [0, 0.05) is 13.2 Å². The van der Waals surface area contributed by atoms with Gasteiger partial charge in [0.2, 0.25) is 5.91 Å². The fourth-order valence-electron chi connectivity index (χ4n) is 1.80. The maximum Gasteiger partial charge on any atom is 0.237 e. The van der Waals surface area contributed by atoms with E-state index in [4.69, 9.17) is 15.2 Å². The summed E-state index contributed by atoms with van der Waals surface area (Å²) in [7, 11) is 1.73. The van der Waals surface area contributed by atoms with Crippen molar-refractivity contribution in [2.24, 2.45) is 5.73 Å². The van der Waals surface area contributed by atoms with Crippen LogP contribution in [0.5, 0.6) is 0 Å². The standard InChI is InChI=1S/C12H24N2O3/c1-12(14-2,11(13)15)6-8-16-9-10-5-3-4-7-17-10/h10,14H,3-9H2,1-2H3,(H2,13,15). The van der Waals surface area contributed by atoms with Crippen LogP contribution < -0.4 is 11.1 Å². The first kappa shape index (κ1) is 14.4. The van der Waals surface area contributed by atoms with Crippen molar-refractivity contribution in [2.45, 2.75) is 44.2 Å². The highest BCUT2D eigenvalue weighted by Crippen LogP contribution is 2.13. The van der Waals surface area contributed by atoms with Gasteiger partial charge in [0.25, 0.3) is 0 Å². The molecule has 0 spiro atoms. The summed E-state index contributed by atoms with van der Waals surface area (Å²) in [5.41, 5.74) is 4.64. The Balaban J connectivity index is 2.16. The smallest absolute Gasteiger partial charge is 0.237 e. The molecule has 0 aromatic rings. The molecule has 2 atom stereocenters. The molecule has 3 N–H and O–H groups in total. The first-order chi connectivity index (χ1) is 8.08. The highest BCUT2D eigenvalue weighted by atomic mass is 16.5. The molecule has 1 amide bonds. The van der Waals surface area contributed by atoms with Crippen LogP contribution in [-0.4, -0.2) is 44.4 Å². The quantitative estimate of drug-likeness (QED) is 0.637. The van der Waals surface area contributed by atoms with Gasteiger partial charge in [0.15, 0.2) is 0 Å². The van der Waals surface area contributed by atoms with Gasteiger partial charge >= 0.3 is 0 Å². The fraction of sp³-hybridized carbons (Fsp3) is 0.917. The monoisotopic (exact) mass is 244 g/mol. The van der Waals surface area contributed by atoms with E-state index in [0.29, 0.717) is 19.6 Å². The van der Waals surface area contributed by atoms with Crippen LogP contribution in [0, 0.1) is 0 Å². The number of primary amides is 1. The molecular weight excluding hydrogens is 220 g/mol. The van der Waals surface area contributed by atoms with Crippen LogP contribution in [0.4, 0.5) is 0 Å². The van der Waals surface area contributed by atoms with Gasteiger partial charge in [0.1, 0.15) is 0 Å². The summed E-state index contributed by atoms with van der Waals surface area (Å²) in [5, 5.41) is 2.93. The third kappa shape index (κ3) is 4.61. The molecule has 2 unspecified atom stereocenters. The van der Waals surface area contributed by atoms with E-state index in [9.17, 15) is 4.79 Å². The van der Waals surface area contributed by atoms with E-state index in [2.05, 4.69) is 5.32 Å². The van der Waals surface area contributed by atoms with Gasteiger partial charge < -0.3 is 20.5 Å². The maximum absolute atomic E-state index is 11.2. The van der Waals surface area contributed by atoms with E-state index >= 15 is 0 Å². The number of hydrogen-bond acceptors (Lipinski definition) is 4. The predicted molar refractivity (Wildman–Crippen MR) is 65.7 cm³/mol. The molecule has 1 aliphatic heterocycles. The molecule has 0 aromatic carbocycles. The number of rotatable bonds is 7. The molecule has 1 saturated heterocycles. The van der Waals surface area contributed by atoms with Crippen LogP contribution in [0.15, 0.2) is 0 Å². The molecule has 17 heavy (non-hydrogen) atoms. The van der Waals surface area contributed by atoms with Crippen molar-refractivity contribution < 1.29 is 14.3 Å². The molecule has 0 bridgehead atoms. The lowest BCUT2D eigenvalue weighted by Gasteiger charge is -2.26. The number of hydrogen-bond donors (Lipinski definition) is 2. The van der Waals surface area contributed by atoms with Crippen molar-refractivity contribution in [1.29, 1.82) is 0 Å². The second kappa shape index (κ2) is 6.93. The van der Waals surface area contributed by atoms with Gasteiger partial charge in [-0.05, 0) is 39.7 Å². The largest absolute Gasteiger partial charge is 0.379 e. The van der Waals surface area contributed by atoms with E-state index in [1.807, 2.05) is 0 Å². The lowest BCUT2D eigenvalue weighted by molar-refractivity contribution is -0.124. The zero-order valence-corrected chi connectivity index (χ0v) is 10.8. The predicted octanol–water partition coefficient (Wildman–Crippen LogP) is 0.426. The fourth-order valence-corrected chi connectivity index (χ4v) is 1.80. The van der Waals surface area contributed by atoms with E-state index < -0.39 is 5.54 Å². The number of nitrogens with one attached hydrogen (secondary N) is 1. The molecule has 1 aliphatic rings. The Morgan fingerprint density at radius 1 is 1.59 bits per heavy atom. The van der Waals surface area contributed by atoms with Crippen molar-refractivity contribution in [3.8, 4) is 0 Å². The minimum Gasteiger partial charge on any atom is -0.379 e. The SMILES string of the molecule is CNC(C)(CCOCC1CCCCO1)C(N)=O. The van der Waals surface area contributed by atoms with Crippen molar-refractivity contribution in [1.82, 2.24) is 5.32 Å². The molecule has 0 aliphatic carbocycles. The van der Waals surface area contributed by atoms with E-state index in [-0.39, 0.29) is 12.0 Å². The highest BCUT2D eigenvalue weighted by molar-refractivity contribution is 5.84. The molecule has 5 heteroatoms. The van der Waals surface area contributed by atoms with E-state index in [0.717, 1.165) is 19.4 Å². The minimum atomic E-state index is -0.687. The Morgan fingerprint density at radius 2 is 2.35 bits per heavy atom. The van der Waals surface area contributed by atoms with Gasteiger partial charge in [-0.2, -0.15) is 0 Å². The molecule has 1 heterocycles. The summed E-state index contributed by atoms with van der Waals surface area (Å²) in [6, 6.07) is 0. The molecule has 0 saturated carbocycles. The summed E-state index contributed by atoms with van der Waals surface area (Å²) >= 11 is 0. The van der Waals surface area contributed by atoms with Gasteiger partial charge in [-0.3, -0.25) is 4.79 Å². The summed E-state index contributed by atoms with van der Waals surface area (Å²) in [5.74, 6) is -0.350. The minimum absolute atomic E-state index is 0.221. The summed E-state index contributed by atoms with van der Waals surface area (Å²) < 4.78 is 11.1. The van der Waals surface area contributed by atoms with E-state index in [1.54, 1.807) is 14.0 Å². The molecule has 0 radical (unpaired) electrons. The molecule has 1 fully saturated rings. The Kier molecular flexibility index (Phi) is 5.88. The van der Waals surface area contributed by atoms with Gasteiger partial charge in [-0.25, -0.2) is 0 Å². The number of ether oxygens (including phenoxy) is 2. The third-order valence-corrected chi connectivity index (χ3v) is 3.42. The lowest BCUT2D eigenvalue weighted by atomic mass is 9.98. The van der Waals surface area contributed by atoms with Gasteiger partial charge in [-0.15, -0.1) is 0 Å². The lowest BCUT2D eigenvalue weighted by Crippen LogP contribution is -2.52. The number of carbonyl (C=O) groups is 1. The van der Waals surface area contributed by atoms with Crippen molar-refractivity contribution in [3.05, 3.63) is 0 Å². The number of nitrogens with two attached hydrogens (primary N) is 1. The van der Waals surface area contributed by atoms with E-state index in [1.165, 1.54) is 6.42 Å². The first-order valence-corrected chi connectivity index (χ1v) is 6.26. The average Bonchev–Trinajstić information content (AvgIpc) is 2.35. The van der Waals surface area contributed by atoms with Crippen LogP contribution in [0.25, 0.3) is 0 Å². The molecule has 100 valence electrons. The van der Waals surface area contributed by atoms with Crippen LogP contribution in [0.1, 0.15) is 32.6 Å². The zero-order chi connectivity index (χ0) is 12.7. The van der Waals surface area contributed by atoms with Gasteiger partial charge in [0.05, 0.1) is 18.2 Å². The van der Waals surface area contributed by atoms with Crippen molar-refractivity contribution in [2.75, 3.05) is 26.9 Å². The normalized spacial score (nSPS) is 24.2. The number of amides is 1. The van der Waals surface area contributed by atoms with Crippen LogP contribution in [-0.2, 0) is 14.3 Å².